The lowest BCUT2D eigenvalue weighted by Gasteiger charge is -2.10. The Bertz CT molecular complexity index is 730. The summed E-state index contributed by atoms with van der Waals surface area (Å²) in [5.41, 5.74) is 1.91. The van der Waals surface area contributed by atoms with Gasteiger partial charge >= 0.3 is 0 Å². The lowest BCUT2D eigenvalue weighted by molar-refractivity contribution is 0.0963. The number of fused-ring (bicyclic) bond motifs is 1. The summed E-state index contributed by atoms with van der Waals surface area (Å²) in [6.07, 6.45) is 1.14. The largest absolute Gasteiger partial charge is 0.470 e. The number of nitrogens with one attached hydrogen (secondary N) is 1. The van der Waals surface area contributed by atoms with Crippen LogP contribution in [0.5, 0.6) is 0 Å². The normalized spacial score (nSPS) is 23.9. The van der Waals surface area contributed by atoms with Gasteiger partial charge in [-0.25, -0.2) is 0 Å². The fraction of sp³-hybridized carbons (Fsp3) is 0.250. The molecule has 2 aliphatic heterocycles. The van der Waals surface area contributed by atoms with Crippen molar-refractivity contribution in [2.45, 2.75) is 6.10 Å². The second-order valence-electron chi connectivity index (χ2n) is 5.19. The lowest BCUT2D eigenvalue weighted by Crippen LogP contribution is -2.19. The van der Waals surface area contributed by atoms with Crippen molar-refractivity contribution in [3.05, 3.63) is 53.1 Å². The second-order valence-corrected chi connectivity index (χ2v) is 5.19. The smallest absolute Gasteiger partial charge is 0.211 e. The standard InChI is InChI=1S/C16H15N3O3/c1-19-8-11(9-20)22-16(19)10(7-17)6-14-15(21)12-4-2-3-5-13(12)18-14/h2-6,11,18,20H,8-9H2,1H3. The van der Waals surface area contributed by atoms with Crippen molar-refractivity contribution in [2.24, 2.45) is 0 Å². The van der Waals surface area contributed by atoms with Gasteiger partial charge in [-0.15, -0.1) is 0 Å². The summed E-state index contributed by atoms with van der Waals surface area (Å²) in [5.74, 6) is 0.225. The Morgan fingerprint density at radius 3 is 3.00 bits per heavy atom. The van der Waals surface area contributed by atoms with Crippen LogP contribution in [-0.4, -0.2) is 42.1 Å². The van der Waals surface area contributed by atoms with E-state index in [1.54, 1.807) is 24.1 Å². The Balaban J connectivity index is 1.95. The van der Waals surface area contributed by atoms with Gasteiger partial charge in [-0.2, -0.15) is 5.26 Å². The quantitative estimate of drug-likeness (QED) is 0.631. The molecule has 1 atom stereocenters. The molecule has 1 aromatic carbocycles. The van der Waals surface area contributed by atoms with E-state index in [4.69, 9.17) is 9.84 Å². The summed E-state index contributed by atoms with van der Waals surface area (Å²) >= 11 is 0. The van der Waals surface area contributed by atoms with E-state index in [1.807, 2.05) is 12.1 Å². The molecule has 6 nitrogen and oxygen atoms in total. The maximum Gasteiger partial charge on any atom is 0.211 e. The molecule has 6 heteroatoms. The summed E-state index contributed by atoms with van der Waals surface area (Å²) in [7, 11) is 1.78. The number of hydrogen-bond acceptors (Lipinski definition) is 6. The number of likely N-dealkylation sites (N-methyl/N-ethyl adjacent to an activating group) is 1. The zero-order valence-electron chi connectivity index (χ0n) is 12.0. The van der Waals surface area contributed by atoms with Crippen LogP contribution < -0.4 is 5.32 Å². The minimum atomic E-state index is -0.355. The molecule has 0 bridgehead atoms. The topological polar surface area (TPSA) is 85.6 Å². The molecular formula is C16H15N3O3. The van der Waals surface area contributed by atoms with E-state index in [0.29, 0.717) is 23.7 Å². The van der Waals surface area contributed by atoms with Gasteiger partial charge in [0.2, 0.25) is 11.7 Å². The van der Waals surface area contributed by atoms with Crippen molar-refractivity contribution >= 4 is 11.5 Å². The first kappa shape index (κ1) is 14.2. The molecule has 1 saturated heterocycles. The fourth-order valence-corrected chi connectivity index (χ4v) is 2.56. The van der Waals surface area contributed by atoms with Gasteiger partial charge in [0, 0.05) is 18.3 Å². The van der Waals surface area contributed by atoms with Gasteiger partial charge in [-0.3, -0.25) is 4.79 Å². The number of para-hydroxylation sites is 1. The van der Waals surface area contributed by atoms with Crippen LogP contribution in [0, 0.1) is 11.3 Å². The average Bonchev–Trinajstić information content (AvgIpc) is 3.06. The number of allylic oxidation sites excluding steroid dienone is 3. The van der Waals surface area contributed by atoms with Gasteiger partial charge in [0.25, 0.3) is 0 Å². The number of Topliss-reactive ketones (excluding diaryl/α,β-unsaturated/α-hetero) is 1. The van der Waals surface area contributed by atoms with Crippen molar-refractivity contribution in [2.75, 3.05) is 25.5 Å². The molecular weight excluding hydrogens is 282 g/mol. The number of nitrogens with zero attached hydrogens (tertiary/aromatic N) is 2. The highest BCUT2D eigenvalue weighted by Crippen LogP contribution is 2.29. The van der Waals surface area contributed by atoms with E-state index in [1.165, 1.54) is 6.08 Å². The molecule has 2 heterocycles. The Labute approximate surface area is 127 Å². The Kier molecular flexibility index (Phi) is 3.57. The first-order valence-corrected chi connectivity index (χ1v) is 6.89. The molecule has 0 aliphatic carbocycles. The number of ether oxygens (including phenoxy) is 1. The SMILES string of the molecule is CN1CC(CO)OC1=C(C#N)C=C1Nc2ccccc2C1=O. The van der Waals surface area contributed by atoms with E-state index in [9.17, 15) is 10.1 Å². The van der Waals surface area contributed by atoms with Gasteiger partial charge < -0.3 is 20.1 Å². The third-order valence-electron chi connectivity index (χ3n) is 3.63. The van der Waals surface area contributed by atoms with Crippen LogP contribution in [0.1, 0.15) is 10.4 Å². The summed E-state index contributed by atoms with van der Waals surface area (Å²) in [6, 6.07) is 9.24. The predicted octanol–water partition coefficient (Wildman–Crippen LogP) is 1.24. The molecule has 1 aromatic rings. The number of benzene rings is 1. The second kappa shape index (κ2) is 5.54. The van der Waals surface area contributed by atoms with Crippen molar-refractivity contribution in [3.8, 4) is 6.07 Å². The zero-order chi connectivity index (χ0) is 15.7. The minimum Gasteiger partial charge on any atom is -0.470 e. The van der Waals surface area contributed by atoms with E-state index < -0.39 is 0 Å². The van der Waals surface area contributed by atoms with Gasteiger partial charge in [0.15, 0.2) is 0 Å². The summed E-state index contributed by atoms with van der Waals surface area (Å²) in [4.78, 5) is 14.1. The monoisotopic (exact) mass is 297 g/mol. The summed E-state index contributed by atoms with van der Waals surface area (Å²) < 4.78 is 5.55. The number of aliphatic hydroxyl groups is 1. The number of rotatable bonds is 2. The first-order chi connectivity index (χ1) is 10.6. The van der Waals surface area contributed by atoms with Gasteiger partial charge in [-0.05, 0) is 18.2 Å². The lowest BCUT2D eigenvalue weighted by atomic mass is 10.1. The number of carbonyl (C=O) groups excluding carboxylic acids is 1. The van der Waals surface area contributed by atoms with Crippen LogP contribution in [0.15, 0.2) is 47.5 Å². The summed E-state index contributed by atoms with van der Waals surface area (Å²) in [6.45, 7) is 0.382. The molecule has 1 fully saturated rings. The first-order valence-electron chi connectivity index (χ1n) is 6.89. The predicted molar refractivity (Wildman–Crippen MR) is 79.7 cm³/mol. The van der Waals surface area contributed by atoms with Crippen LogP contribution in [-0.2, 0) is 4.74 Å². The highest BCUT2D eigenvalue weighted by molar-refractivity contribution is 6.18. The Morgan fingerprint density at radius 1 is 1.59 bits per heavy atom. The number of aliphatic hydroxyl groups excluding tert-OH is 1. The van der Waals surface area contributed by atoms with E-state index in [-0.39, 0.29) is 24.1 Å². The highest BCUT2D eigenvalue weighted by Gasteiger charge is 2.29. The third kappa shape index (κ3) is 2.32. The highest BCUT2D eigenvalue weighted by atomic mass is 16.5. The Hall–Kier alpha value is -2.78. The van der Waals surface area contributed by atoms with E-state index in [0.717, 1.165) is 5.69 Å². The third-order valence-corrected chi connectivity index (χ3v) is 3.63. The molecule has 0 saturated carbocycles. The molecule has 0 aromatic heterocycles. The van der Waals surface area contributed by atoms with E-state index in [2.05, 4.69) is 11.4 Å². The van der Waals surface area contributed by atoms with Crippen LogP contribution in [0.2, 0.25) is 0 Å². The van der Waals surface area contributed by atoms with Crippen LogP contribution in [0.3, 0.4) is 0 Å². The number of carbonyl (C=O) groups is 1. The van der Waals surface area contributed by atoms with Crippen LogP contribution >= 0.6 is 0 Å². The van der Waals surface area contributed by atoms with Crippen LogP contribution in [0.25, 0.3) is 0 Å². The molecule has 3 rings (SSSR count). The fourth-order valence-electron chi connectivity index (χ4n) is 2.56. The van der Waals surface area contributed by atoms with Gasteiger partial charge in [0.1, 0.15) is 17.7 Å². The Morgan fingerprint density at radius 2 is 2.36 bits per heavy atom. The number of anilines is 1. The van der Waals surface area contributed by atoms with Crippen molar-refractivity contribution < 1.29 is 14.6 Å². The molecule has 112 valence electrons. The average molecular weight is 297 g/mol. The molecule has 22 heavy (non-hydrogen) atoms. The van der Waals surface area contributed by atoms with Gasteiger partial charge in [0.05, 0.1) is 18.8 Å². The zero-order valence-corrected chi connectivity index (χ0v) is 12.0. The number of hydrogen-bond donors (Lipinski definition) is 2. The minimum absolute atomic E-state index is 0.119. The van der Waals surface area contributed by atoms with E-state index >= 15 is 0 Å². The van der Waals surface area contributed by atoms with Crippen molar-refractivity contribution in [3.63, 3.8) is 0 Å². The maximum absolute atomic E-state index is 12.3. The van der Waals surface area contributed by atoms with Gasteiger partial charge in [-0.1, -0.05) is 12.1 Å². The van der Waals surface area contributed by atoms with Crippen molar-refractivity contribution in [1.82, 2.24) is 4.90 Å². The molecule has 1 unspecified atom stereocenters. The van der Waals surface area contributed by atoms with Crippen molar-refractivity contribution in [1.29, 1.82) is 5.26 Å². The molecule has 0 amide bonds. The number of nitriles is 1. The molecule has 2 aliphatic rings. The molecule has 0 radical (unpaired) electrons. The molecule has 0 spiro atoms. The summed E-state index contributed by atoms with van der Waals surface area (Å²) in [5, 5.41) is 21.5. The maximum atomic E-state index is 12.3. The number of ketones is 1. The molecule has 2 N–H and O–H groups in total. The van der Waals surface area contributed by atoms with Crippen LogP contribution in [0.4, 0.5) is 5.69 Å².